The van der Waals surface area contributed by atoms with Gasteiger partial charge < -0.3 is 4.74 Å². The van der Waals surface area contributed by atoms with E-state index in [2.05, 4.69) is 11.8 Å². The largest absolute Gasteiger partial charge is 0.458 e. The summed E-state index contributed by atoms with van der Waals surface area (Å²) in [6.07, 6.45) is 5.07. The maximum atomic E-state index is 10.5. The fraction of sp³-hybridized carbons (Fsp3) is 0.444. The van der Waals surface area contributed by atoms with Crippen molar-refractivity contribution >= 4 is 5.97 Å². The van der Waals surface area contributed by atoms with Crippen LogP contribution in [0.25, 0.3) is 0 Å². The standard InChI is InChI=1S/C9H10O2/c1-8(10)11-9-6-4-2-3-5-7-9/h4,6,9H,5,7H2,1H3. The van der Waals surface area contributed by atoms with Crippen LogP contribution < -0.4 is 0 Å². The molecular formula is C9H10O2. The van der Waals surface area contributed by atoms with Gasteiger partial charge in [-0.3, -0.25) is 4.79 Å². The van der Waals surface area contributed by atoms with Crippen molar-refractivity contribution in [1.82, 2.24) is 0 Å². The SMILES string of the molecule is CC(=O)OC1C=CC#CCC1. The maximum absolute atomic E-state index is 10.5. The Bertz CT molecular complexity index is 230. The summed E-state index contributed by atoms with van der Waals surface area (Å²) in [4.78, 5) is 10.5. The Labute approximate surface area is 66.2 Å². The van der Waals surface area contributed by atoms with Crippen molar-refractivity contribution in [2.45, 2.75) is 25.9 Å². The van der Waals surface area contributed by atoms with E-state index in [0.29, 0.717) is 0 Å². The molecule has 0 bridgehead atoms. The first-order valence-electron chi connectivity index (χ1n) is 3.61. The minimum atomic E-state index is -0.235. The van der Waals surface area contributed by atoms with Crippen LogP contribution in [0.3, 0.4) is 0 Å². The third-order valence-corrected chi connectivity index (χ3v) is 1.37. The molecule has 2 heteroatoms. The lowest BCUT2D eigenvalue weighted by Gasteiger charge is -2.09. The van der Waals surface area contributed by atoms with Crippen molar-refractivity contribution in [3.8, 4) is 11.8 Å². The Morgan fingerprint density at radius 3 is 3.27 bits per heavy atom. The quantitative estimate of drug-likeness (QED) is 0.415. The molecule has 1 aliphatic rings. The number of allylic oxidation sites excluding steroid dienone is 1. The Kier molecular flexibility index (Phi) is 2.74. The van der Waals surface area contributed by atoms with Crippen molar-refractivity contribution in [3.63, 3.8) is 0 Å². The van der Waals surface area contributed by atoms with Crippen LogP contribution >= 0.6 is 0 Å². The Morgan fingerprint density at radius 1 is 1.73 bits per heavy atom. The fourth-order valence-electron chi connectivity index (χ4n) is 0.909. The Balaban J connectivity index is 2.44. The van der Waals surface area contributed by atoms with E-state index in [1.54, 1.807) is 6.08 Å². The van der Waals surface area contributed by atoms with Crippen molar-refractivity contribution in [2.75, 3.05) is 0 Å². The van der Waals surface area contributed by atoms with E-state index in [0.717, 1.165) is 12.8 Å². The number of hydrogen-bond donors (Lipinski definition) is 0. The first-order chi connectivity index (χ1) is 5.29. The van der Waals surface area contributed by atoms with Gasteiger partial charge in [0, 0.05) is 13.3 Å². The van der Waals surface area contributed by atoms with Crippen LogP contribution in [-0.4, -0.2) is 12.1 Å². The van der Waals surface area contributed by atoms with Crippen LogP contribution in [0.4, 0.5) is 0 Å². The molecule has 0 aromatic heterocycles. The lowest BCUT2D eigenvalue weighted by atomic mass is 10.2. The molecule has 0 saturated heterocycles. The molecule has 1 rings (SSSR count). The number of rotatable bonds is 1. The predicted octanol–water partition coefficient (Wildman–Crippen LogP) is 1.27. The molecule has 0 aromatic carbocycles. The van der Waals surface area contributed by atoms with Gasteiger partial charge in [-0.05, 0) is 18.6 Å². The van der Waals surface area contributed by atoms with Crippen molar-refractivity contribution in [2.24, 2.45) is 0 Å². The summed E-state index contributed by atoms with van der Waals surface area (Å²) < 4.78 is 4.97. The molecule has 0 radical (unpaired) electrons. The Hall–Kier alpha value is -1.23. The first kappa shape index (κ1) is 7.87. The van der Waals surface area contributed by atoms with Gasteiger partial charge >= 0.3 is 5.97 Å². The smallest absolute Gasteiger partial charge is 0.303 e. The zero-order valence-corrected chi connectivity index (χ0v) is 6.46. The molecule has 0 heterocycles. The number of ether oxygens (including phenoxy) is 1. The number of hydrogen-bond acceptors (Lipinski definition) is 2. The minimum absolute atomic E-state index is 0.0880. The van der Waals surface area contributed by atoms with E-state index in [-0.39, 0.29) is 12.1 Å². The van der Waals surface area contributed by atoms with Crippen LogP contribution in [0.5, 0.6) is 0 Å². The average molecular weight is 150 g/mol. The fourth-order valence-corrected chi connectivity index (χ4v) is 0.909. The second-order valence-electron chi connectivity index (χ2n) is 2.37. The monoisotopic (exact) mass is 150 g/mol. The van der Waals surface area contributed by atoms with E-state index in [9.17, 15) is 4.79 Å². The van der Waals surface area contributed by atoms with Gasteiger partial charge in [-0.15, -0.1) is 0 Å². The van der Waals surface area contributed by atoms with Gasteiger partial charge in [0.15, 0.2) is 0 Å². The van der Waals surface area contributed by atoms with Gasteiger partial charge in [-0.25, -0.2) is 0 Å². The number of esters is 1. The third-order valence-electron chi connectivity index (χ3n) is 1.37. The molecule has 1 atom stereocenters. The summed E-state index contributed by atoms with van der Waals surface area (Å²) in [6.45, 7) is 1.42. The molecule has 0 N–H and O–H groups in total. The highest BCUT2D eigenvalue weighted by atomic mass is 16.5. The van der Waals surface area contributed by atoms with Crippen molar-refractivity contribution in [3.05, 3.63) is 12.2 Å². The minimum Gasteiger partial charge on any atom is -0.458 e. The molecule has 2 nitrogen and oxygen atoms in total. The van der Waals surface area contributed by atoms with Crippen LogP contribution in [0.15, 0.2) is 12.2 Å². The topological polar surface area (TPSA) is 26.3 Å². The first-order valence-corrected chi connectivity index (χ1v) is 3.61. The molecule has 11 heavy (non-hydrogen) atoms. The number of carbonyl (C=O) groups excluding carboxylic acids is 1. The van der Waals surface area contributed by atoms with Crippen LogP contribution in [0, 0.1) is 11.8 Å². The highest BCUT2D eigenvalue weighted by Gasteiger charge is 2.07. The zero-order valence-electron chi connectivity index (χ0n) is 6.46. The van der Waals surface area contributed by atoms with Gasteiger partial charge in [-0.1, -0.05) is 11.8 Å². The summed E-state index contributed by atoms with van der Waals surface area (Å²) in [5.41, 5.74) is 0. The van der Waals surface area contributed by atoms with E-state index in [1.807, 2.05) is 6.08 Å². The third kappa shape index (κ3) is 2.90. The van der Waals surface area contributed by atoms with Gasteiger partial charge in [0.25, 0.3) is 0 Å². The summed E-state index contributed by atoms with van der Waals surface area (Å²) in [7, 11) is 0. The molecular weight excluding hydrogens is 140 g/mol. The molecule has 0 spiro atoms. The summed E-state index contributed by atoms with van der Waals surface area (Å²) in [6, 6.07) is 0. The second-order valence-corrected chi connectivity index (χ2v) is 2.37. The highest BCUT2D eigenvalue weighted by Crippen LogP contribution is 2.05. The molecule has 0 aliphatic heterocycles. The molecule has 58 valence electrons. The number of carbonyl (C=O) groups is 1. The maximum Gasteiger partial charge on any atom is 0.303 e. The van der Waals surface area contributed by atoms with Crippen LogP contribution in [0.1, 0.15) is 19.8 Å². The Morgan fingerprint density at radius 2 is 2.55 bits per heavy atom. The molecule has 0 fully saturated rings. The van der Waals surface area contributed by atoms with E-state index < -0.39 is 0 Å². The van der Waals surface area contributed by atoms with Crippen molar-refractivity contribution < 1.29 is 9.53 Å². The van der Waals surface area contributed by atoms with Gasteiger partial charge in [0.1, 0.15) is 6.10 Å². The van der Waals surface area contributed by atoms with Gasteiger partial charge in [-0.2, -0.15) is 0 Å². The lowest BCUT2D eigenvalue weighted by Crippen LogP contribution is -2.12. The summed E-state index contributed by atoms with van der Waals surface area (Å²) >= 11 is 0. The molecule has 0 amide bonds. The molecule has 1 unspecified atom stereocenters. The highest BCUT2D eigenvalue weighted by molar-refractivity contribution is 5.66. The normalized spacial score (nSPS) is 21.4. The molecule has 0 aromatic rings. The van der Waals surface area contributed by atoms with E-state index in [1.165, 1.54) is 6.92 Å². The second kappa shape index (κ2) is 3.82. The lowest BCUT2D eigenvalue weighted by molar-refractivity contribution is -0.144. The zero-order chi connectivity index (χ0) is 8.10. The van der Waals surface area contributed by atoms with Gasteiger partial charge in [0.05, 0.1) is 0 Å². The summed E-state index contributed by atoms with van der Waals surface area (Å²) in [5.74, 6) is 5.52. The van der Waals surface area contributed by atoms with Crippen molar-refractivity contribution in [1.29, 1.82) is 0 Å². The summed E-state index contributed by atoms with van der Waals surface area (Å²) in [5, 5.41) is 0. The molecule has 1 aliphatic carbocycles. The van der Waals surface area contributed by atoms with Crippen LogP contribution in [0.2, 0.25) is 0 Å². The van der Waals surface area contributed by atoms with E-state index >= 15 is 0 Å². The van der Waals surface area contributed by atoms with E-state index in [4.69, 9.17) is 4.74 Å². The average Bonchev–Trinajstić information content (AvgIpc) is 2.14. The van der Waals surface area contributed by atoms with Crippen LogP contribution in [-0.2, 0) is 9.53 Å². The predicted molar refractivity (Wildman–Crippen MR) is 41.7 cm³/mol. The molecule has 0 saturated carbocycles. The van der Waals surface area contributed by atoms with Gasteiger partial charge in [0.2, 0.25) is 0 Å².